The summed E-state index contributed by atoms with van der Waals surface area (Å²) in [5.74, 6) is -5.62. The summed E-state index contributed by atoms with van der Waals surface area (Å²) >= 11 is 1.07. The number of hydrogen-bond acceptors (Lipinski definition) is 7. The van der Waals surface area contributed by atoms with Crippen LogP contribution in [0.5, 0.6) is 0 Å². The summed E-state index contributed by atoms with van der Waals surface area (Å²) in [5, 5.41) is 23.3. The molecule has 1 aromatic rings. The first-order valence-corrected chi connectivity index (χ1v) is 10.4. The van der Waals surface area contributed by atoms with Crippen LogP contribution in [-0.2, 0) is 23.9 Å². The van der Waals surface area contributed by atoms with Crippen LogP contribution in [0, 0.1) is 0 Å². The number of nitrogens with zero attached hydrogens (tertiary/aromatic N) is 1. The number of hydrogen-bond donors (Lipinski definition) is 4. The van der Waals surface area contributed by atoms with Gasteiger partial charge in [0.15, 0.2) is 11.5 Å². The van der Waals surface area contributed by atoms with Crippen molar-refractivity contribution in [2.24, 2.45) is 0 Å². The molecule has 2 aliphatic rings. The molecule has 0 bridgehead atoms. The van der Waals surface area contributed by atoms with Crippen LogP contribution in [0.3, 0.4) is 0 Å². The number of β-lactam (4-membered cyclic amide) rings is 1. The maximum atomic E-state index is 12.6. The smallest absolute Gasteiger partial charge is 0.408 e. The van der Waals surface area contributed by atoms with E-state index in [9.17, 15) is 34.2 Å². The number of fused-ring (bicyclic) bond motifs is 1. The fourth-order valence-corrected chi connectivity index (χ4v) is 4.96. The molecule has 3 rings (SSSR count). The second-order valence-electron chi connectivity index (χ2n) is 7.07. The molecule has 0 spiro atoms. The van der Waals surface area contributed by atoms with Gasteiger partial charge in [-0.15, -0.1) is 11.8 Å². The van der Waals surface area contributed by atoms with Crippen molar-refractivity contribution in [1.82, 2.24) is 15.5 Å². The normalized spacial score (nSPS) is 25.5. The number of carbonyl (C=O) groups excluding carboxylic acids is 3. The highest BCUT2D eigenvalue weighted by molar-refractivity contribution is 8.00. The van der Waals surface area contributed by atoms with E-state index in [0.29, 0.717) is 0 Å². The molecule has 0 saturated carbocycles. The molecular weight excluding hydrogens is 430 g/mol. The van der Waals surface area contributed by atoms with Crippen LogP contribution in [0.25, 0.3) is 0 Å². The van der Waals surface area contributed by atoms with Crippen LogP contribution in [0.2, 0.25) is 0 Å². The van der Waals surface area contributed by atoms with Crippen molar-refractivity contribution in [3.05, 3.63) is 35.9 Å². The summed E-state index contributed by atoms with van der Waals surface area (Å²) in [5.41, 5.74) is -1.46. The van der Waals surface area contributed by atoms with Crippen LogP contribution in [0.1, 0.15) is 18.4 Å². The third-order valence-electron chi connectivity index (χ3n) is 5.05. The van der Waals surface area contributed by atoms with Gasteiger partial charge in [-0.25, -0.2) is 9.59 Å². The molecule has 2 fully saturated rings. The molecule has 4 N–H and O–H groups in total. The van der Waals surface area contributed by atoms with Gasteiger partial charge in [0.1, 0.15) is 11.4 Å². The van der Waals surface area contributed by atoms with Crippen molar-refractivity contribution in [3.8, 4) is 0 Å². The quantitative estimate of drug-likeness (QED) is 0.325. The zero-order valence-corrected chi connectivity index (χ0v) is 17.3. The summed E-state index contributed by atoms with van der Waals surface area (Å²) in [6, 6.07) is 6.92. The van der Waals surface area contributed by atoms with Crippen LogP contribution < -0.4 is 10.6 Å². The molecule has 4 atom stereocenters. The molecule has 11 nitrogen and oxygen atoms in total. The van der Waals surface area contributed by atoms with Crippen molar-refractivity contribution >= 4 is 41.6 Å². The second-order valence-corrected chi connectivity index (χ2v) is 8.17. The van der Waals surface area contributed by atoms with Crippen LogP contribution in [0.15, 0.2) is 30.3 Å². The highest BCUT2D eigenvalue weighted by Crippen LogP contribution is 2.38. The van der Waals surface area contributed by atoms with Gasteiger partial charge in [0, 0.05) is 5.75 Å². The van der Waals surface area contributed by atoms with E-state index >= 15 is 0 Å². The number of aliphatic carboxylic acids is 2. The first-order valence-electron chi connectivity index (χ1n) is 9.38. The van der Waals surface area contributed by atoms with Gasteiger partial charge in [-0.05, 0) is 12.5 Å². The van der Waals surface area contributed by atoms with E-state index in [1.807, 2.05) is 0 Å². The minimum Gasteiger partial charge on any atom is -0.480 e. The molecule has 2 saturated heterocycles. The standard InChI is InChI=1S/C19H21N3O8S/c1-2-30-18(29)21-19(17(27)28)8-22-14(24)12(15(22)31-9-19)20-13(23)11(16(25)26)10-6-4-3-5-7-10/h3-7,11-12,15H,2,8-9H2,1H3,(H,20,23)(H,21,29)(H,25,26)(H,27,28)/t11?,12?,15-,19?/m1/s1. The minimum absolute atomic E-state index is 0.0558. The number of rotatable bonds is 7. The SMILES string of the molecule is CCOC(=O)NC1(C(=O)O)CS[C@@H]2C(NC(=O)C(C(=O)O)c3ccccc3)C(=O)N2C1. The number of carbonyl (C=O) groups is 5. The van der Waals surface area contributed by atoms with E-state index in [1.54, 1.807) is 25.1 Å². The van der Waals surface area contributed by atoms with Gasteiger partial charge in [-0.2, -0.15) is 0 Å². The van der Waals surface area contributed by atoms with Gasteiger partial charge < -0.3 is 30.5 Å². The molecule has 31 heavy (non-hydrogen) atoms. The van der Waals surface area contributed by atoms with Crippen molar-refractivity contribution in [1.29, 1.82) is 0 Å². The van der Waals surface area contributed by atoms with Gasteiger partial charge >= 0.3 is 18.0 Å². The summed E-state index contributed by atoms with van der Waals surface area (Å²) in [7, 11) is 0. The summed E-state index contributed by atoms with van der Waals surface area (Å²) in [6.45, 7) is 1.33. The fraction of sp³-hybridized carbons (Fsp3) is 0.421. The van der Waals surface area contributed by atoms with Crippen molar-refractivity contribution in [2.45, 2.75) is 29.8 Å². The number of benzene rings is 1. The average molecular weight is 451 g/mol. The Bertz CT molecular complexity index is 911. The fourth-order valence-electron chi connectivity index (χ4n) is 3.48. The third-order valence-corrected chi connectivity index (χ3v) is 6.58. The zero-order valence-electron chi connectivity index (χ0n) is 16.4. The Kier molecular flexibility index (Phi) is 6.39. The molecule has 12 heteroatoms. The second kappa shape index (κ2) is 8.84. The van der Waals surface area contributed by atoms with Crippen molar-refractivity contribution < 1.29 is 38.9 Å². The first kappa shape index (κ1) is 22.4. The van der Waals surface area contributed by atoms with Crippen molar-refractivity contribution in [2.75, 3.05) is 18.9 Å². The number of carboxylic acids is 2. The number of thioether (sulfide) groups is 1. The zero-order chi connectivity index (χ0) is 22.8. The van der Waals surface area contributed by atoms with Crippen LogP contribution in [0.4, 0.5) is 4.79 Å². The Morgan fingerprint density at radius 1 is 1.26 bits per heavy atom. The highest BCUT2D eigenvalue weighted by Gasteiger charge is 2.58. The predicted octanol–water partition coefficient (Wildman–Crippen LogP) is -0.176. The van der Waals surface area contributed by atoms with E-state index in [2.05, 4.69) is 10.6 Å². The van der Waals surface area contributed by atoms with Crippen molar-refractivity contribution in [3.63, 3.8) is 0 Å². The molecule has 166 valence electrons. The molecule has 0 aliphatic carbocycles. The van der Waals surface area contributed by atoms with Gasteiger partial charge in [0.25, 0.3) is 0 Å². The Balaban J connectivity index is 1.70. The Hall–Kier alpha value is -3.28. The number of amides is 3. The lowest BCUT2D eigenvalue weighted by atomic mass is 9.94. The summed E-state index contributed by atoms with van der Waals surface area (Å²) in [6.07, 6.45) is -0.908. The van der Waals surface area contributed by atoms with Gasteiger partial charge in [-0.3, -0.25) is 14.4 Å². The highest BCUT2D eigenvalue weighted by atomic mass is 32.2. The van der Waals surface area contributed by atoms with Gasteiger partial charge in [0.2, 0.25) is 11.8 Å². The third kappa shape index (κ3) is 4.29. The molecule has 2 heterocycles. The lowest BCUT2D eigenvalue weighted by Gasteiger charge is -2.53. The monoisotopic (exact) mass is 451 g/mol. The van der Waals surface area contributed by atoms with E-state index in [1.165, 1.54) is 17.0 Å². The maximum Gasteiger partial charge on any atom is 0.408 e. The maximum absolute atomic E-state index is 12.6. The van der Waals surface area contributed by atoms with E-state index in [4.69, 9.17) is 4.74 Å². The Morgan fingerprint density at radius 3 is 2.52 bits per heavy atom. The summed E-state index contributed by atoms with van der Waals surface area (Å²) in [4.78, 5) is 61.7. The minimum atomic E-state index is -1.73. The van der Waals surface area contributed by atoms with Gasteiger partial charge in [-0.1, -0.05) is 30.3 Å². The molecule has 1 aromatic carbocycles. The number of alkyl carbamates (subject to hydrolysis) is 1. The van der Waals surface area contributed by atoms with E-state index < -0.39 is 52.7 Å². The Labute approximate surface area is 181 Å². The molecule has 2 aliphatic heterocycles. The molecular formula is C19H21N3O8S. The number of ether oxygens (including phenoxy) is 1. The molecule has 3 unspecified atom stereocenters. The molecule has 3 amide bonds. The van der Waals surface area contributed by atoms with Crippen LogP contribution >= 0.6 is 11.8 Å². The number of carboxylic acid groups (broad SMARTS) is 2. The van der Waals surface area contributed by atoms with Gasteiger partial charge in [0.05, 0.1) is 13.2 Å². The lowest BCUT2D eigenvalue weighted by molar-refractivity contribution is -0.156. The topological polar surface area (TPSA) is 162 Å². The lowest BCUT2D eigenvalue weighted by Crippen LogP contribution is -2.77. The summed E-state index contributed by atoms with van der Waals surface area (Å²) < 4.78 is 4.75. The largest absolute Gasteiger partial charge is 0.480 e. The predicted molar refractivity (Wildman–Crippen MR) is 107 cm³/mol. The first-order chi connectivity index (χ1) is 14.7. The van der Waals surface area contributed by atoms with E-state index in [0.717, 1.165) is 11.8 Å². The number of nitrogens with one attached hydrogen (secondary N) is 2. The molecule has 0 radical (unpaired) electrons. The van der Waals surface area contributed by atoms with Crippen LogP contribution in [-0.4, -0.2) is 80.8 Å². The Morgan fingerprint density at radius 2 is 1.94 bits per heavy atom. The average Bonchev–Trinajstić information content (AvgIpc) is 2.72. The molecule has 0 aromatic heterocycles. The van der Waals surface area contributed by atoms with E-state index in [-0.39, 0.29) is 24.5 Å².